The molecule has 0 radical (unpaired) electrons. The van der Waals surface area contributed by atoms with Crippen molar-refractivity contribution < 1.29 is 13.2 Å². The Labute approximate surface area is 109 Å². The summed E-state index contributed by atoms with van der Waals surface area (Å²) < 4.78 is 37.1. The Kier molecular flexibility index (Phi) is 5.34. The van der Waals surface area contributed by atoms with Crippen LogP contribution in [0.25, 0.3) is 0 Å². The van der Waals surface area contributed by atoms with Crippen LogP contribution in [0.2, 0.25) is 5.15 Å². The molecule has 0 atom stereocenters. The highest BCUT2D eigenvalue weighted by molar-refractivity contribution is 6.29. The van der Waals surface area contributed by atoms with Crippen LogP contribution in [-0.4, -0.2) is 34.1 Å². The van der Waals surface area contributed by atoms with Gasteiger partial charge in [-0.05, 0) is 26.0 Å². The molecule has 7 heteroatoms. The highest BCUT2D eigenvalue weighted by atomic mass is 35.5. The van der Waals surface area contributed by atoms with Gasteiger partial charge in [0.25, 0.3) is 0 Å². The molecule has 1 heterocycles. The maximum absolute atomic E-state index is 12.4. The average molecular weight is 282 g/mol. The molecular formula is C11H15ClF3N3. The number of alkyl halides is 3. The van der Waals surface area contributed by atoms with Gasteiger partial charge in [-0.3, -0.25) is 4.90 Å². The van der Waals surface area contributed by atoms with E-state index in [1.165, 1.54) is 4.90 Å². The van der Waals surface area contributed by atoms with Crippen molar-refractivity contribution in [2.45, 2.75) is 33.0 Å². The number of aryl methyl sites for hydroxylation is 1. The van der Waals surface area contributed by atoms with Crippen molar-refractivity contribution in [2.24, 2.45) is 0 Å². The summed E-state index contributed by atoms with van der Waals surface area (Å²) in [6, 6.07) is 1.57. The zero-order valence-corrected chi connectivity index (χ0v) is 11.0. The minimum atomic E-state index is -4.22. The molecule has 1 aromatic rings. The molecule has 0 unspecified atom stereocenters. The lowest BCUT2D eigenvalue weighted by Crippen LogP contribution is -2.35. The molecule has 1 rings (SSSR count). The molecule has 3 nitrogen and oxygen atoms in total. The molecule has 18 heavy (non-hydrogen) atoms. The molecule has 1 aromatic heterocycles. The van der Waals surface area contributed by atoms with Crippen molar-refractivity contribution in [3.8, 4) is 0 Å². The fourth-order valence-electron chi connectivity index (χ4n) is 1.64. The smallest absolute Gasteiger partial charge is 0.287 e. The molecule has 102 valence electrons. The van der Waals surface area contributed by atoms with E-state index in [1.807, 2.05) is 6.92 Å². The molecule has 0 N–H and O–H groups in total. The number of aromatic nitrogens is 2. The predicted octanol–water partition coefficient (Wildman–Crippen LogP) is 3.21. The van der Waals surface area contributed by atoms with Crippen LogP contribution < -0.4 is 0 Å². The highest BCUT2D eigenvalue weighted by Gasteiger charge is 2.30. The first-order chi connectivity index (χ1) is 8.30. The standard InChI is InChI=1S/C11H15ClF3N3/c1-3-4-18(7-11(13,14)15)6-10-16-8(2)5-9(12)17-10/h5H,3-4,6-7H2,1-2H3. The van der Waals surface area contributed by atoms with Crippen molar-refractivity contribution in [3.63, 3.8) is 0 Å². The monoisotopic (exact) mass is 281 g/mol. The third kappa shape index (κ3) is 5.64. The average Bonchev–Trinajstić information content (AvgIpc) is 2.12. The third-order valence-electron chi connectivity index (χ3n) is 2.18. The minimum Gasteiger partial charge on any atom is -0.287 e. The highest BCUT2D eigenvalue weighted by Crippen LogP contribution is 2.18. The number of hydrogen-bond acceptors (Lipinski definition) is 3. The molecule has 0 amide bonds. The van der Waals surface area contributed by atoms with Crippen molar-refractivity contribution >= 4 is 11.6 Å². The van der Waals surface area contributed by atoms with Crippen molar-refractivity contribution in [2.75, 3.05) is 13.1 Å². The summed E-state index contributed by atoms with van der Waals surface area (Å²) in [4.78, 5) is 9.28. The normalized spacial score (nSPS) is 12.2. The second kappa shape index (κ2) is 6.33. The van der Waals surface area contributed by atoms with Gasteiger partial charge in [-0.1, -0.05) is 18.5 Å². The Morgan fingerprint density at radius 1 is 1.33 bits per heavy atom. The van der Waals surface area contributed by atoms with Gasteiger partial charge in [0.15, 0.2) is 0 Å². The van der Waals surface area contributed by atoms with E-state index < -0.39 is 12.7 Å². The number of nitrogens with zero attached hydrogens (tertiary/aromatic N) is 3. The van der Waals surface area contributed by atoms with Crippen LogP contribution in [0.15, 0.2) is 6.07 Å². The van der Waals surface area contributed by atoms with Crippen molar-refractivity contribution in [3.05, 3.63) is 22.7 Å². The quantitative estimate of drug-likeness (QED) is 0.776. The molecule has 0 aliphatic heterocycles. The number of hydrogen-bond donors (Lipinski definition) is 0. The molecule has 0 aliphatic rings. The summed E-state index contributed by atoms with van der Waals surface area (Å²) >= 11 is 5.75. The van der Waals surface area contributed by atoms with Crippen LogP contribution in [0, 0.1) is 6.92 Å². The lowest BCUT2D eigenvalue weighted by atomic mass is 10.3. The van der Waals surface area contributed by atoms with E-state index >= 15 is 0 Å². The summed E-state index contributed by atoms with van der Waals surface area (Å²) in [7, 11) is 0. The van der Waals surface area contributed by atoms with Crippen LogP contribution in [-0.2, 0) is 6.54 Å². The van der Waals surface area contributed by atoms with Gasteiger partial charge in [-0.2, -0.15) is 13.2 Å². The van der Waals surface area contributed by atoms with E-state index in [-0.39, 0.29) is 11.7 Å². The van der Waals surface area contributed by atoms with Gasteiger partial charge >= 0.3 is 6.18 Å². The van der Waals surface area contributed by atoms with E-state index in [0.29, 0.717) is 24.5 Å². The van der Waals surface area contributed by atoms with Gasteiger partial charge < -0.3 is 0 Å². The second-order valence-corrected chi connectivity index (χ2v) is 4.46. The van der Waals surface area contributed by atoms with Crippen LogP contribution in [0.5, 0.6) is 0 Å². The Morgan fingerprint density at radius 3 is 2.50 bits per heavy atom. The van der Waals surface area contributed by atoms with Crippen LogP contribution >= 0.6 is 11.6 Å². The SMILES string of the molecule is CCCN(Cc1nc(C)cc(Cl)n1)CC(F)(F)F. The second-order valence-electron chi connectivity index (χ2n) is 4.07. The Balaban J connectivity index is 2.76. The zero-order chi connectivity index (χ0) is 13.8. The predicted molar refractivity (Wildman–Crippen MR) is 63.4 cm³/mol. The van der Waals surface area contributed by atoms with E-state index in [1.54, 1.807) is 13.0 Å². The lowest BCUT2D eigenvalue weighted by molar-refractivity contribution is -0.147. The summed E-state index contributed by atoms with van der Waals surface area (Å²) in [6.07, 6.45) is -3.58. The molecule has 0 aromatic carbocycles. The Morgan fingerprint density at radius 2 is 2.00 bits per heavy atom. The van der Waals surface area contributed by atoms with Crippen LogP contribution in [0.1, 0.15) is 24.9 Å². The summed E-state index contributed by atoms with van der Waals surface area (Å²) in [6.45, 7) is 2.98. The number of halogens is 4. The Hall–Kier alpha value is -0.880. The largest absolute Gasteiger partial charge is 0.401 e. The Bertz CT molecular complexity index is 375. The summed E-state index contributed by atoms with van der Waals surface area (Å²) in [5.41, 5.74) is 0.647. The fraction of sp³-hybridized carbons (Fsp3) is 0.636. The van der Waals surface area contributed by atoms with Gasteiger partial charge in [-0.15, -0.1) is 0 Å². The maximum atomic E-state index is 12.4. The minimum absolute atomic E-state index is 0.0503. The first-order valence-corrected chi connectivity index (χ1v) is 5.97. The first kappa shape index (κ1) is 15.2. The van der Waals surface area contributed by atoms with Gasteiger partial charge in [-0.25, -0.2) is 9.97 Å². The van der Waals surface area contributed by atoms with E-state index in [9.17, 15) is 13.2 Å². The molecule has 0 bridgehead atoms. The molecule has 0 saturated carbocycles. The van der Waals surface area contributed by atoms with Crippen LogP contribution in [0.3, 0.4) is 0 Å². The van der Waals surface area contributed by atoms with E-state index in [4.69, 9.17) is 11.6 Å². The van der Waals surface area contributed by atoms with Gasteiger partial charge in [0.1, 0.15) is 11.0 Å². The molecule has 0 fully saturated rings. The fourth-order valence-corrected chi connectivity index (χ4v) is 1.90. The first-order valence-electron chi connectivity index (χ1n) is 5.59. The van der Waals surface area contributed by atoms with Gasteiger partial charge in [0.2, 0.25) is 0 Å². The van der Waals surface area contributed by atoms with Crippen LogP contribution in [0.4, 0.5) is 13.2 Å². The molecular weight excluding hydrogens is 267 g/mol. The van der Waals surface area contributed by atoms with Crippen molar-refractivity contribution in [1.82, 2.24) is 14.9 Å². The zero-order valence-electron chi connectivity index (χ0n) is 10.3. The summed E-state index contributed by atoms with van der Waals surface area (Å²) in [5, 5.41) is 0.251. The van der Waals surface area contributed by atoms with E-state index in [2.05, 4.69) is 9.97 Å². The molecule has 0 aliphatic carbocycles. The topological polar surface area (TPSA) is 29.0 Å². The maximum Gasteiger partial charge on any atom is 0.401 e. The molecule has 0 saturated heterocycles. The van der Waals surface area contributed by atoms with Gasteiger partial charge in [0.05, 0.1) is 13.1 Å². The molecule has 0 spiro atoms. The number of rotatable bonds is 5. The van der Waals surface area contributed by atoms with Crippen molar-refractivity contribution in [1.29, 1.82) is 0 Å². The summed E-state index contributed by atoms with van der Waals surface area (Å²) in [5.74, 6) is 0.317. The lowest BCUT2D eigenvalue weighted by Gasteiger charge is -2.22. The van der Waals surface area contributed by atoms with Gasteiger partial charge in [0, 0.05) is 5.69 Å². The van der Waals surface area contributed by atoms with E-state index in [0.717, 1.165) is 0 Å². The third-order valence-corrected chi connectivity index (χ3v) is 2.37.